The molecule has 2 aromatic carbocycles. The normalized spacial score (nSPS) is 11.8. The fourth-order valence-electron chi connectivity index (χ4n) is 2.04. The molecule has 21 heavy (non-hydrogen) atoms. The summed E-state index contributed by atoms with van der Waals surface area (Å²) < 4.78 is 5.25. The van der Waals surface area contributed by atoms with Crippen LogP contribution in [-0.2, 0) is 0 Å². The molecule has 0 radical (unpaired) electrons. The molecule has 0 saturated carbocycles. The molecule has 1 unspecified atom stereocenters. The van der Waals surface area contributed by atoms with E-state index in [0.29, 0.717) is 11.3 Å². The zero-order valence-electron chi connectivity index (χ0n) is 12.2. The zero-order valence-corrected chi connectivity index (χ0v) is 12.2. The Labute approximate surface area is 124 Å². The lowest BCUT2D eigenvalue weighted by molar-refractivity contribution is 0.0919. The van der Waals surface area contributed by atoms with E-state index in [9.17, 15) is 4.79 Å². The standard InChI is InChI=1S/C17H19NO3/c1-12(11-19)18-17(20)15-10-14(8-9-16(15)21-2)13-6-4-3-5-7-13/h3-10,12,19H,11H2,1-2H3,(H,18,20). The Morgan fingerprint density at radius 2 is 1.90 bits per heavy atom. The maximum absolute atomic E-state index is 12.3. The molecule has 0 saturated heterocycles. The number of amides is 1. The summed E-state index contributed by atoms with van der Waals surface area (Å²) in [6.45, 7) is 1.64. The SMILES string of the molecule is COc1ccc(-c2ccccc2)cc1C(=O)NC(C)CO. The van der Waals surface area contributed by atoms with Crippen molar-refractivity contribution < 1.29 is 14.6 Å². The molecule has 0 aliphatic carbocycles. The van der Waals surface area contributed by atoms with Crippen LogP contribution in [0.25, 0.3) is 11.1 Å². The fraction of sp³-hybridized carbons (Fsp3) is 0.235. The first kappa shape index (κ1) is 15.1. The quantitative estimate of drug-likeness (QED) is 0.887. The molecule has 0 heterocycles. The minimum absolute atomic E-state index is 0.105. The molecule has 2 N–H and O–H groups in total. The van der Waals surface area contributed by atoms with Gasteiger partial charge in [0.1, 0.15) is 5.75 Å². The topological polar surface area (TPSA) is 58.6 Å². The molecular formula is C17H19NO3. The Kier molecular flexibility index (Phi) is 4.95. The molecule has 0 fully saturated rings. The van der Waals surface area contributed by atoms with E-state index in [1.807, 2.05) is 36.4 Å². The van der Waals surface area contributed by atoms with Gasteiger partial charge in [-0.2, -0.15) is 0 Å². The van der Waals surface area contributed by atoms with Crippen molar-refractivity contribution in [2.24, 2.45) is 0 Å². The van der Waals surface area contributed by atoms with E-state index in [1.165, 1.54) is 7.11 Å². The summed E-state index contributed by atoms with van der Waals surface area (Å²) in [5, 5.41) is 11.8. The summed E-state index contributed by atoms with van der Waals surface area (Å²) in [4.78, 5) is 12.3. The van der Waals surface area contributed by atoms with Gasteiger partial charge in [-0.3, -0.25) is 4.79 Å². The maximum atomic E-state index is 12.3. The van der Waals surface area contributed by atoms with Crippen LogP contribution >= 0.6 is 0 Å². The first-order chi connectivity index (χ1) is 10.2. The highest BCUT2D eigenvalue weighted by molar-refractivity contribution is 5.98. The van der Waals surface area contributed by atoms with Gasteiger partial charge in [-0.25, -0.2) is 0 Å². The predicted octanol–water partition coefficient (Wildman–Crippen LogP) is 2.47. The minimum atomic E-state index is -0.303. The van der Waals surface area contributed by atoms with Gasteiger partial charge in [0.25, 0.3) is 5.91 Å². The Morgan fingerprint density at radius 3 is 2.52 bits per heavy atom. The number of benzene rings is 2. The van der Waals surface area contributed by atoms with Crippen molar-refractivity contribution in [3.63, 3.8) is 0 Å². The molecule has 0 bridgehead atoms. The molecule has 0 spiro atoms. The summed E-state index contributed by atoms with van der Waals surface area (Å²) in [7, 11) is 1.53. The monoisotopic (exact) mass is 285 g/mol. The Balaban J connectivity index is 2.37. The highest BCUT2D eigenvalue weighted by Gasteiger charge is 2.15. The second kappa shape index (κ2) is 6.90. The summed E-state index contributed by atoms with van der Waals surface area (Å²) >= 11 is 0. The van der Waals surface area contributed by atoms with Gasteiger partial charge in [-0.15, -0.1) is 0 Å². The van der Waals surface area contributed by atoms with Crippen molar-refractivity contribution in [3.05, 3.63) is 54.1 Å². The van der Waals surface area contributed by atoms with Crippen LogP contribution in [0.4, 0.5) is 0 Å². The smallest absolute Gasteiger partial charge is 0.255 e. The highest BCUT2D eigenvalue weighted by atomic mass is 16.5. The Morgan fingerprint density at radius 1 is 1.19 bits per heavy atom. The number of carbonyl (C=O) groups excluding carboxylic acids is 1. The lowest BCUT2D eigenvalue weighted by atomic mass is 10.0. The second-order valence-corrected chi connectivity index (χ2v) is 4.84. The largest absolute Gasteiger partial charge is 0.496 e. The predicted molar refractivity (Wildman–Crippen MR) is 82.4 cm³/mol. The summed E-state index contributed by atoms with van der Waals surface area (Å²) in [5.74, 6) is 0.253. The van der Waals surface area contributed by atoms with Crippen LogP contribution in [0.3, 0.4) is 0 Å². The maximum Gasteiger partial charge on any atom is 0.255 e. The molecular weight excluding hydrogens is 266 g/mol. The first-order valence-corrected chi connectivity index (χ1v) is 6.81. The number of hydrogen-bond donors (Lipinski definition) is 2. The van der Waals surface area contributed by atoms with Crippen LogP contribution < -0.4 is 10.1 Å². The van der Waals surface area contributed by atoms with Gasteiger partial charge < -0.3 is 15.2 Å². The van der Waals surface area contributed by atoms with Crippen LogP contribution in [0.15, 0.2) is 48.5 Å². The van der Waals surface area contributed by atoms with Gasteiger partial charge in [-0.05, 0) is 30.2 Å². The van der Waals surface area contributed by atoms with Gasteiger partial charge in [0.15, 0.2) is 0 Å². The fourth-order valence-corrected chi connectivity index (χ4v) is 2.04. The number of methoxy groups -OCH3 is 1. The van der Waals surface area contributed by atoms with Gasteiger partial charge in [0.2, 0.25) is 0 Å². The summed E-state index contributed by atoms with van der Waals surface area (Å²) in [6, 6.07) is 15.0. The number of aliphatic hydroxyl groups is 1. The number of aliphatic hydroxyl groups excluding tert-OH is 1. The van der Waals surface area contributed by atoms with E-state index in [-0.39, 0.29) is 18.6 Å². The van der Waals surface area contributed by atoms with Crippen molar-refractivity contribution in [3.8, 4) is 16.9 Å². The molecule has 4 heteroatoms. The van der Waals surface area contributed by atoms with E-state index >= 15 is 0 Å². The van der Waals surface area contributed by atoms with Gasteiger partial charge in [0, 0.05) is 6.04 Å². The van der Waals surface area contributed by atoms with Crippen molar-refractivity contribution in [2.45, 2.75) is 13.0 Å². The van der Waals surface area contributed by atoms with Crippen molar-refractivity contribution >= 4 is 5.91 Å². The third-order valence-electron chi connectivity index (χ3n) is 3.20. The van der Waals surface area contributed by atoms with Crippen molar-refractivity contribution in [1.29, 1.82) is 0 Å². The van der Waals surface area contributed by atoms with Gasteiger partial charge >= 0.3 is 0 Å². The molecule has 2 aromatic rings. The lowest BCUT2D eigenvalue weighted by Crippen LogP contribution is -2.35. The third-order valence-corrected chi connectivity index (χ3v) is 3.20. The van der Waals surface area contributed by atoms with Crippen molar-refractivity contribution in [1.82, 2.24) is 5.32 Å². The number of carbonyl (C=O) groups is 1. The molecule has 4 nitrogen and oxygen atoms in total. The van der Waals surface area contributed by atoms with Crippen LogP contribution in [0.1, 0.15) is 17.3 Å². The van der Waals surface area contributed by atoms with E-state index in [2.05, 4.69) is 5.32 Å². The lowest BCUT2D eigenvalue weighted by Gasteiger charge is -2.14. The molecule has 0 aliphatic heterocycles. The number of rotatable bonds is 5. The van der Waals surface area contributed by atoms with Crippen molar-refractivity contribution in [2.75, 3.05) is 13.7 Å². The average molecular weight is 285 g/mol. The molecule has 2 rings (SSSR count). The zero-order chi connectivity index (χ0) is 15.2. The Hall–Kier alpha value is -2.33. The van der Waals surface area contributed by atoms with Gasteiger partial charge in [-0.1, -0.05) is 36.4 Å². The van der Waals surface area contributed by atoms with E-state index < -0.39 is 0 Å². The average Bonchev–Trinajstić information content (AvgIpc) is 2.54. The second-order valence-electron chi connectivity index (χ2n) is 4.84. The van der Waals surface area contributed by atoms with E-state index in [4.69, 9.17) is 9.84 Å². The molecule has 0 aromatic heterocycles. The van der Waals surface area contributed by atoms with Crippen LogP contribution in [0, 0.1) is 0 Å². The first-order valence-electron chi connectivity index (χ1n) is 6.81. The number of nitrogens with one attached hydrogen (secondary N) is 1. The van der Waals surface area contributed by atoms with E-state index in [0.717, 1.165) is 11.1 Å². The number of ether oxygens (including phenoxy) is 1. The number of hydrogen-bond acceptors (Lipinski definition) is 3. The van der Waals surface area contributed by atoms with Crippen LogP contribution in [0.2, 0.25) is 0 Å². The molecule has 1 amide bonds. The van der Waals surface area contributed by atoms with Crippen LogP contribution in [0.5, 0.6) is 5.75 Å². The van der Waals surface area contributed by atoms with Crippen LogP contribution in [-0.4, -0.2) is 30.8 Å². The van der Waals surface area contributed by atoms with E-state index in [1.54, 1.807) is 19.1 Å². The van der Waals surface area contributed by atoms with Gasteiger partial charge in [0.05, 0.1) is 19.3 Å². The summed E-state index contributed by atoms with van der Waals surface area (Å²) in [6.07, 6.45) is 0. The third kappa shape index (κ3) is 3.61. The molecule has 0 aliphatic rings. The summed E-state index contributed by atoms with van der Waals surface area (Å²) in [5.41, 5.74) is 2.43. The molecule has 1 atom stereocenters. The molecule has 110 valence electrons. The minimum Gasteiger partial charge on any atom is -0.496 e. The Bertz CT molecular complexity index is 611. The highest BCUT2D eigenvalue weighted by Crippen LogP contribution is 2.26.